The van der Waals surface area contributed by atoms with Gasteiger partial charge in [0.2, 0.25) is 0 Å². The number of nitrogens with one attached hydrogen (secondary N) is 1. The first-order chi connectivity index (χ1) is 24.2. The average molecular weight is 631 g/mol. The summed E-state index contributed by atoms with van der Waals surface area (Å²) in [6.45, 7) is 2.30. The number of benzene rings is 6. The van der Waals surface area contributed by atoms with Crippen LogP contribution >= 0.6 is 0 Å². The fourth-order valence-corrected chi connectivity index (χ4v) is 7.99. The zero-order chi connectivity index (χ0) is 32.5. The number of fused-ring (bicyclic) bond motifs is 9. The topological polar surface area (TPSA) is 32.6 Å². The molecule has 49 heavy (non-hydrogen) atoms. The summed E-state index contributed by atoms with van der Waals surface area (Å²) in [7, 11) is 0. The highest BCUT2D eigenvalue weighted by molar-refractivity contribution is 6.21. The first-order valence-electron chi connectivity index (χ1n) is 17.2. The molecule has 6 aromatic carbocycles. The Morgan fingerprint density at radius 2 is 1.45 bits per heavy atom. The zero-order valence-corrected chi connectivity index (χ0v) is 27.2. The van der Waals surface area contributed by atoms with E-state index in [1.807, 2.05) is 6.20 Å². The molecule has 4 nitrogen and oxygen atoms in total. The highest BCUT2D eigenvalue weighted by Gasteiger charge is 2.39. The van der Waals surface area contributed by atoms with E-state index in [0.29, 0.717) is 5.92 Å². The molecule has 10 rings (SSSR count). The van der Waals surface area contributed by atoms with E-state index in [2.05, 4.69) is 173 Å². The maximum absolute atomic E-state index is 5.32. The minimum Gasteiger partial charge on any atom is -0.356 e. The molecule has 0 fully saturated rings. The van der Waals surface area contributed by atoms with Gasteiger partial charge >= 0.3 is 0 Å². The van der Waals surface area contributed by atoms with Crippen LogP contribution in [0.15, 0.2) is 169 Å². The van der Waals surface area contributed by atoms with E-state index in [1.165, 1.54) is 65.7 Å². The van der Waals surface area contributed by atoms with Gasteiger partial charge in [-0.15, -0.1) is 0 Å². The van der Waals surface area contributed by atoms with E-state index in [-0.39, 0.29) is 6.04 Å². The third-order valence-corrected chi connectivity index (χ3v) is 10.3. The van der Waals surface area contributed by atoms with Crippen LogP contribution in [0, 0.1) is 5.92 Å². The number of aromatic nitrogens is 1. The zero-order valence-electron chi connectivity index (χ0n) is 27.2. The van der Waals surface area contributed by atoms with Crippen LogP contribution in [0.5, 0.6) is 0 Å². The molecule has 234 valence electrons. The van der Waals surface area contributed by atoms with E-state index in [4.69, 9.17) is 4.99 Å². The normalized spacial score (nSPS) is 18.8. The van der Waals surface area contributed by atoms with Crippen LogP contribution < -0.4 is 10.2 Å². The highest BCUT2D eigenvalue weighted by Crippen LogP contribution is 2.44. The second kappa shape index (κ2) is 11.0. The van der Waals surface area contributed by atoms with E-state index in [9.17, 15) is 0 Å². The molecule has 0 saturated heterocycles. The Morgan fingerprint density at radius 1 is 0.694 bits per heavy atom. The Morgan fingerprint density at radius 3 is 2.33 bits per heavy atom. The third-order valence-electron chi connectivity index (χ3n) is 10.3. The molecule has 4 heteroatoms. The number of allylic oxidation sites excluding steroid dienone is 5. The van der Waals surface area contributed by atoms with Gasteiger partial charge in [0.05, 0.1) is 22.9 Å². The van der Waals surface area contributed by atoms with Crippen LogP contribution in [0.25, 0.3) is 54.7 Å². The predicted molar refractivity (Wildman–Crippen MR) is 206 cm³/mol. The van der Waals surface area contributed by atoms with Crippen LogP contribution in [-0.2, 0) is 0 Å². The summed E-state index contributed by atoms with van der Waals surface area (Å²) in [6.07, 6.45) is 12.3. The lowest BCUT2D eigenvalue weighted by molar-refractivity contribution is 0.737. The molecule has 1 N–H and O–H groups in total. The van der Waals surface area contributed by atoms with Gasteiger partial charge in [-0.25, -0.2) is 4.99 Å². The number of aliphatic imine (C=N–C) groups is 1. The quantitative estimate of drug-likeness (QED) is 0.211. The molecule has 3 aliphatic rings. The molecule has 1 aliphatic carbocycles. The van der Waals surface area contributed by atoms with Gasteiger partial charge in [0, 0.05) is 27.4 Å². The lowest BCUT2D eigenvalue weighted by Crippen LogP contribution is -2.36. The summed E-state index contributed by atoms with van der Waals surface area (Å²) in [5.74, 6) is 2.34. The van der Waals surface area contributed by atoms with Crippen molar-refractivity contribution in [1.82, 2.24) is 9.88 Å². The van der Waals surface area contributed by atoms with E-state index >= 15 is 0 Å². The van der Waals surface area contributed by atoms with Gasteiger partial charge in [0.25, 0.3) is 0 Å². The lowest BCUT2D eigenvalue weighted by Gasteiger charge is -2.28. The number of nitrogens with zero attached hydrogens (tertiary/aromatic N) is 3. The second-order valence-electron chi connectivity index (χ2n) is 13.4. The SMILES string of the molecule is CC1C=C(N2C3=NC=C(n4c5cc6ccccc6cc5c5ccc6ccccc6c54)NC3c3ccccc32)C=CC(c2ccccc2)=CC1. The van der Waals surface area contributed by atoms with Gasteiger partial charge in [-0.2, -0.15) is 0 Å². The Labute approximate surface area is 285 Å². The van der Waals surface area contributed by atoms with Crippen LogP contribution in [0.2, 0.25) is 0 Å². The van der Waals surface area contributed by atoms with E-state index < -0.39 is 0 Å². The number of rotatable bonds is 3. The van der Waals surface area contributed by atoms with Crippen molar-refractivity contribution >= 4 is 66.3 Å². The molecular formula is C45H34N4. The smallest absolute Gasteiger partial charge is 0.141 e. The maximum atomic E-state index is 5.32. The second-order valence-corrected chi connectivity index (χ2v) is 13.4. The summed E-state index contributed by atoms with van der Waals surface area (Å²) in [6, 6.07) is 45.9. The molecule has 0 amide bonds. The van der Waals surface area contributed by atoms with Crippen molar-refractivity contribution in [3.8, 4) is 0 Å². The Bertz CT molecular complexity index is 2630. The molecular weight excluding hydrogens is 597 g/mol. The number of para-hydroxylation sites is 1. The van der Waals surface area contributed by atoms with Crippen molar-refractivity contribution in [1.29, 1.82) is 0 Å². The molecule has 0 spiro atoms. The average Bonchev–Trinajstić information content (AvgIpc) is 3.65. The third kappa shape index (κ3) is 4.41. The van der Waals surface area contributed by atoms with Crippen LogP contribution in [0.1, 0.15) is 30.5 Å². The van der Waals surface area contributed by atoms with Crippen molar-refractivity contribution < 1.29 is 0 Å². The highest BCUT2D eigenvalue weighted by atomic mass is 15.3. The molecule has 0 radical (unpaired) electrons. The lowest BCUT2D eigenvalue weighted by atomic mass is 9.96. The number of hydrogen-bond acceptors (Lipinski definition) is 3. The monoisotopic (exact) mass is 630 g/mol. The van der Waals surface area contributed by atoms with Gasteiger partial charge in [-0.3, -0.25) is 9.47 Å². The summed E-state index contributed by atoms with van der Waals surface area (Å²) in [4.78, 5) is 7.68. The fourth-order valence-electron chi connectivity index (χ4n) is 7.99. The molecule has 2 atom stereocenters. The molecule has 1 aromatic heterocycles. The Hall–Kier alpha value is -6.13. The van der Waals surface area contributed by atoms with Gasteiger partial charge in [-0.1, -0.05) is 134 Å². The molecule has 0 bridgehead atoms. The van der Waals surface area contributed by atoms with Gasteiger partial charge in [-0.05, 0) is 63.9 Å². The first-order valence-corrected chi connectivity index (χ1v) is 17.2. The minimum atomic E-state index is -0.0988. The molecule has 7 aromatic rings. The largest absolute Gasteiger partial charge is 0.356 e. The van der Waals surface area contributed by atoms with Gasteiger partial charge in [0.15, 0.2) is 0 Å². The number of hydrogen-bond donors (Lipinski definition) is 1. The summed E-state index contributed by atoms with van der Waals surface area (Å²) in [5.41, 5.74) is 8.40. The maximum Gasteiger partial charge on any atom is 0.141 e. The number of anilines is 1. The van der Waals surface area contributed by atoms with Crippen molar-refractivity contribution in [3.63, 3.8) is 0 Å². The van der Waals surface area contributed by atoms with Crippen LogP contribution in [0.3, 0.4) is 0 Å². The van der Waals surface area contributed by atoms with Gasteiger partial charge < -0.3 is 5.32 Å². The van der Waals surface area contributed by atoms with Crippen LogP contribution in [-0.4, -0.2) is 10.4 Å². The summed E-state index contributed by atoms with van der Waals surface area (Å²) < 4.78 is 2.40. The molecule has 2 unspecified atom stereocenters. The number of amidine groups is 1. The summed E-state index contributed by atoms with van der Waals surface area (Å²) >= 11 is 0. The van der Waals surface area contributed by atoms with Crippen molar-refractivity contribution in [3.05, 3.63) is 175 Å². The fraction of sp³-hybridized carbons (Fsp3) is 0.0889. The van der Waals surface area contributed by atoms with E-state index in [0.717, 1.165) is 23.8 Å². The first kappa shape index (κ1) is 27.9. The predicted octanol–water partition coefficient (Wildman–Crippen LogP) is 11.0. The van der Waals surface area contributed by atoms with Crippen molar-refractivity contribution in [2.45, 2.75) is 19.4 Å². The van der Waals surface area contributed by atoms with Gasteiger partial charge in [0.1, 0.15) is 17.7 Å². The van der Waals surface area contributed by atoms with E-state index in [1.54, 1.807) is 0 Å². The van der Waals surface area contributed by atoms with Crippen molar-refractivity contribution in [2.24, 2.45) is 10.9 Å². The molecule has 0 saturated carbocycles. The molecule has 3 heterocycles. The van der Waals surface area contributed by atoms with Crippen molar-refractivity contribution in [2.75, 3.05) is 4.90 Å². The summed E-state index contributed by atoms with van der Waals surface area (Å²) in [5, 5.41) is 11.4. The standard InChI is InChI=1S/C45H34N4/c1-29-19-20-31(30-11-3-2-4-12-30)21-23-35(25-29)48-40-18-10-9-17-38(40)43-45(48)46-28-42(47-43)49-41-27-34-15-6-5-14-33(34)26-39(41)37-24-22-32-13-7-8-16-36(32)44(37)49/h2-18,20-29,43,47H,19H2,1H3. The van der Waals surface area contributed by atoms with Crippen LogP contribution in [0.4, 0.5) is 5.69 Å². The Balaban J connectivity index is 1.16. The minimum absolute atomic E-state index is 0.0988. The molecule has 2 aliphatic heterocycles. The Kier molecular flexibility index (Phi) is 6.25.